The topological polar surface area (TPSA) is 12.0 Å². The summed E-state index contributed by atoms with van der Waals surface area (Å²) < 4.78 is 0. The van der Waals surface area contributed by atoms with E-state index in [0.29, 0.717) is 0 Å². The molecule has 0 atom stereocenters. The van der Waals surface area contributed by atoms with Crippen LogP contribution in [-0.2, 0) is 0 Å². The molecule has 1 rings (SSSR count). The maximum absolute atomic E-state index is 3.44. The van der Waals surface area contributed by atoms with Crippen molar-refractivity contribution < 1.29 is 0 Å². The van der Waals surface area contributed by atoms with Gasteiger partial charge in [-0.05, 0) is 25.5 Å². The zero-order valence-electron chi connectivity index (χ0n) is 8.60. The van der Waals surface area contributed by atoms with Crippen molar-refractivity contribution in [2.45, 2.75) is 39.5 Å². The van der Waals surface area contributed by atoms with Crippen LogP contribution >= 0.6 is 11.3 Å². The summed E-state index contributed by atoms with van der Waals surface area (Å²) in [5.74, 6) is 0. The number of nitrogens with one attached hydrogen (secondary N) is 1. The Kier molecular flexibility index (Phi) is 4.91. The number of anilines is 1. The molecule has 1 aromatic heterocycles. The summed E-state index contributed by atoms with van der Waals surface area (Å²) in [7, 11) is 0. The molecule has 0 fully saturated rings. The van der Waals surface area contributed by atoms with Crippen molar-refractivity contribution in [3.8, 4) is 0 Å². The van der Waals surface area contributed by atoms with E-state index in [1.165, 1.54) is 35.6 Å². The molecule has 13 heavy (non-hydrogen) atoms. The molecule has 0 aliphatic heterocycles. The fourth-order valence-corrected chi connectivity index (χ4v) is 2.09. The molecule has 0 saturated carbocycles. The van der Waals surface area contributed by atoms with Gasteiger partial charge in [0.1, 0.15) is 0 Å². The summed E-state index contributed by atoms with van der Waals surface area (Å²) in [6.07, 6.45) is 5.34. The average molecular weight is 197 g/mol. The lowest BCUT2D eigenvalue weighted by molar-refractivity contribution is 0.685. The molecule has 0 bridgehead atoms. The van der Waals surface area contributed by atoms with Crippen LogP contribution in [0.1, 0.15) is 37.5 Å². The quantitative estimate of drug-likeness (QED) is 0.678. The predicted octanol–water partition coefficient (Wildman–Crippen LogP) is 4.05. The zero-order valence-corrected chi connectivity index (χ0v) is 9.41. The van der Waals surface area contributed by atoms with E-state index >= 15 is 0 Å². The minimum absolute atomic E-state index is 1.12. The Morgan fingerprint density at radius 3 is 2.69 bits per heavy atom. The lowest BCUT2D eigenvalue weighted by Crippen LogP contribution is -1.98. The Balaban J connectivity index is 2.06. The van der Waals surface area contributed by atoms with Gasteiger partial charge in [0.25, 0.3) is 0 Å². The van der Waals surface area contributed by atoms with Crippen LogP contribution in [0.3, 0.4) is 0 Å². The second-order valence-electron chi connectivity index (χ2n) is 3.40. The van der Waals surface area contributed by atoms with Gasteiger partial charge in [0, 0.05) is 11.4 Å². The molecule has 0 aliphatic rings. The molecule has 0 radical (unpaired) electrons. The third-order valence-electron chi connectivity index (χ3n) is 2.07. The second-order valence-corrected chi connectivity index (χ2v) is 4.69. The Morgan fingerprint density at radius 1 is 1.23 bits per heavy atom. The molecule has 74 valence electrons. The first kappa shape index (κ1) is 10.6. The maximum atomic E-state index is 3.44. The van der Waals surface area contributed by atoms with Crippen molar-refractivity contribution in [3.63, 3.8) is 0 Å². The van der Waals surface area contributed by atoms with Gasteiger partial charge in [0.15, 0.2) is 0 Å². The Bertz CT molecular complexity index is 230. The second kappa shape index (κ2) is 6.03. The smallest absolute Gasteiger partial charge is 0.0885 e. The van der Waals surface area contributed by atoms with Crippen molar-refractivity contribution >= 4 is 16.3 Å². The first-order valence-corrected chi connectivity index (χ1v) is 5.95. The van der Waals surface area contributed by atoms with Crippen molar-refractivity contribution in [3.05, 3.63) is 17.0 Å². The highest BCUT2D eigenvalue weighted by Crippen LogP contribution is 2.20. The van der Waals surface area contributed by atoms with E-state index in [2.05, 4.69) is 31.3 Å². The van der Waals surface area contributed by atoms with Gasteiger partial charge in [-0.25, -0.2) is 0 Å². The first-order valence-electron chi connectivity index (χ1n) is 5.13. The van der Waals surface area contributed by atoms with Crippen molar-refractivity contribution in [2.24, 2.45) is 0 Å². The van der Waals surface area contributed by atoms with Gasteiger partial charge in [-0.15, -0.1) is 11.3 Å². The number of rotatable bonds is 6. The predicted molar refractivity (Wildman–Crippen MR) is 61.7 cm³/mol. The molecular formula is C11H19NS. The Labute approximate surface area is 85.2 Å². The van der Waals surface area contributed by atoms with E-state index in [4.69, 9.17) is 0 Å². The van der Waals surface area contributed by atoms with Crippen LogP contribution < -0.4 is 5.32 Å². The van der Waals surface area contributed by atoms with Gasteiger partial charge in [0.2, 0.25) is 0 Å². The molecular weight excluding hydrogens is 178 g/mol. The summed E-state index contributed by atoms with van der Waals surface area (Å²) >= 11 is 1.84. The molecule has 1 nitrogen and oxygen atoms in total. The summed E-state index contributed by atoms with van der Waals surface area (Å²) in [6, 6.07) is 4.33. The van der Waals surface area contributed by atoms with Crippen molar-refractivity contribution in [1.82, 2.24) is 0 Å². The zero-order chi connectivity index (χ0) is 9.52. The molecule has 0 spiro atoms. The lowest BCUT2D eigenvalue weighted by Gasteiger charge is -2.01. The molecule has 1 N–H and O–H groups in total. The third-order valence-corrected chi connectivity index (χ3v) is 3.03. The largest absolute Gasteiger partial charge is 0.377 e. The van der Waals surface area contributed by atoms with Gasteiger partial charge in [-0.2, -0.15) is 0 Å². The van der Waals surface area contributed by atoms with Crippen LogP contribution in [0.25, 0.3) is 0 Å². The molecule has 2 heteroatoms. The minimum Gasteiger partial charge on any atom is -0.377 e. The highest BCUT2D eigenvalue weighted by molar-refractivity contribution is 7.16. The monoisotopic (exact) mass is 197 g/mol. The normalized spacial score (nSPS) is 10.3. The van der Waals surface area contributed by atoms with Crippen LogP contribution in [0.5, 0.6) is 0 Å². The molecule has 0 aromatic carbocycles. The molecule has 1 aromatic rings. The Morgan fingerprint density at radius 2 is 2.08 bits per heavy atom. The van der Waals surface area contributed by atoms with Crippen LogP contribution in [-0.4, -0.2) is 6.54 Å². The average Bonchev–Trinajstić information content (AvgIpc) is 2.51. The molecule has 0 unspecified atom stereocenters. The van der Waals surface area contributed by atoms with Crippen LogP contribution in [0, 0.1) is 6.92 Å². The molecule has 0 saturated heterocycles. The van der Waals surface area contributed by atoms with Crippen LogP contribution in [0.4, 0.5) is 5.00 Å². The van der Waals surface area contributed by atoms with E-state index in [0.717, 1.165) is 6.54 Å². The standard InChI is InChI=1S/C11H19NS/c1-3-4-5-6-9-12-11-8-7-10(2)13-11/h7-8,12H,3-6,9H2,1-2H3. The van der Waals surface area contributed by atoms with E-state index in [1.807, 2.05) is 11.3 Å². The van der Waals surface area contributed by atoms with Gasteiger partial charge in [-0.3, -0.25) is 0 Å². The number of hydrogen-bond acceptors (Lipinski definition) is 2. The van der Waals surface area contributed by atoms with E-state index in [1.54, 1.807) is 0 Å². The van der Waals surface area contributed by atoms with Gasteiger partial charge >= 0.3 is 0 Å². The number of thiophene rings is 1. The van der Waals surface area contributed by atoms with Crippen LogP contribution in [0.15, 0.2) is 12.1 Å². The Hall–Kier alpha value is -0.500. The fourth-order valence-electron chi connectivity index (χ4n) is 1.29. The van der Waals surface area contributed by atoms with Crippen molar-refractivity contribution in [2.75, 3.05) is 11.9 Å². The SMILES string of the molecule is CCCCCCNc1ccc(C)s1. The van der Waals surface area contributed by atoms with E-state index in [9.17, 15) is 0 Å². The fraction of sp³-hybridized carbons (Fsp3) is 0.636. The molecule has 1 heterocycles. The number of aryl methyl sites for hydroxylation is 1. The lowest BCUT2D eigenvalue weighted by atomic mass is 10.2. The summed E-state index contributed by atoms with van der Waals surface area (Å²) in [6.45, 7) is 5.52. The van der Waals surface area contributed by atoms with Gasteiger partial charge in [0.05, 0.1) is 5.00 Å². The van der Waals surface area contributed by atoms with Gasteiger partial charge in [-0.1, -0.05) is 26.2 Å². The van der Waals surface area contributed by atoms with Gasteiger partial charge < -0.3 is 5.32 Å². The van der Waals surface area contributed by atoms with Crippen LogP contribution in [0.2, 0.25) is 0 Å². The molecule has 0 aliphatic carbocycles. The highest BCUT2D eigenvalue weighted by atomic mass is 32.1. The maximum Gasteiger partial charge on any atom is 0.0885 e. The van der Waals surface area contributed by atoms with E-state index < -0.39 is 0 Å². The number of unbranched alkanes of at least 4 members (excludes halogenated alkanes) is 3. The highest BCUT2D eigenvalue weighted by Gasteiger charge is 1.94. The molecule has 0 amide bonds. The third kappa shape index (κ3) is 4.32. The first-order chi connectivity index (χ1) is 6.33. The van der Waals surface area contributed by atoms with Crippen molar-refractivity contribution in [1.29, 1.82) is 0 Å². The summed E-state index contributed by atoms with van der Waals surface area (Å²) in [5.41, 5.74) is 0. The number of hydrogen-bond donors (Lipinski definition) is 1. The summed E-state index contributed by atoms with van der Waals surface area (Å²) in [4.78, 5) is 1.39. The minimum atomic E-state index is 1.12. The summed E-state index contributed by atoms with van der Waals surface area (Å²) in [5, 5.41) is 4.76. The van der Waals surface area contributed by atoms with E-state index in [-0.39, 0.29) is 0 Å².